The molecular formula is C16H20N4. The number of rotatable bonds is 3. The molecule has 1 atom stereocenters. The van der Waals surface area contributed by atoms with Crippen LogP contribution in [0.4, 0.5) is 11.6 Å². The third kappa shape index (κ3) is 2.46. The SMILES string of the molecule is CCNc1cc(N2Cc3ccccc3C[C@H]2C)ncn1. The lowest BCUT2D eigenvalue weighted by Gasteiger charge is -2.35. The minimum atomic E-state index is 0.453. The molecule has 1 N–H and O–H groups in total. The van der Waals surface area contributed by atoms with E-state index in [1.165, 1.54) is 11.1 Å². The van der Waals surface area contributed by atoms with Crippen LogP contribution in [0, 0.1) is 0 Å². The van der Waals surface area contributed by atoms with E-state index in [4.69, 9.17) is 0 Å². The summed E-state index contributed by atoms with van der Waals surface area (Å²) in [6.45, 7) is 6.11. The smallest absolute Gasteiger partial charge is 0.134 e. The molecule has 0 radical (unpaired) electrons. The summed E-state index contributed by atoms with van der Waals surface area (Å²) in [5.74, 6) is 1.89. The Kier molecular flexibility index (Phi) is 3.54. The minimum absolute atomic E-state index is 0.453. The van der Waals surface area contributed by atoms with E-state index in [0.29, 0.717) is 6.04 Å². The van der Waals surface area contributed by atoms with Gasteiger partial charge in [-0.1, -0.05) is 24.3 Å². The molecule has 20 heavy (non-hydrogen) atoms. The fourth-order valence-corrected chi connectivity index (χ4v) is 2.77. The van der Waals surface area contributed by atoms with E-state index >= 15 is 0 Å². The van der Waals surface area contributed by atoms with Crippen LogP contribution < -0.4 is 10.2 Å². The van der Waals surface area contributed by atoms with Crippen LogP contribution in [0.1, 0.15) is 25.0 Å². The number of anilines is 2. The van der Waals surface area contributed by atoms with Crippen LogP contribution in [0.25, 0.3) is 0 Å². The predicted molar refractivity (Wildman–Crippen MR) is 82.0 cm³/mol. The number of hydrogen-bond donors (Lipinski definition) is 1. The van der Waals surface area contributed by atoms with E-state index in [2.05, 4.69) is 58.3 Å². The summed E-state index contributed by atoms with van der Waals surface area (Å²) in [6, 6.07) is 11.2. The van der Waals surface area contributed by atoms with Crippen LogP contribution in [0.3, 0.4) is 0 Å². The van der Waals surface area contributed by atoms with Gasteiger partial charge in [-0.2, -0.15) is 0 Å². The van der Waals surface area contributed by atoms with Crippen LogP contribution in [-0.4, -0.2) is 22.6 Å². The standard InChI is InChI=1S/C16H20N4/c1-3-17-15-9-16(19-11-18-15)20-10-14-7-5-4-6-13(14)8-12(20)2/h4-7,9,11-12H,3,8,10H2,1-2H3,(H,17,18,19)/t12-/m1/s1. The van der Waals surface area contributed by atoms with Crippen molar-refractivity contribution < 1.29 is 0 Å². The molecule has 1 aromatic heterocycles. The topological polar surface area (TPSA) is 41.0 Å². The Hall–Kier alpha value is -2.10. The van der Waals surface area contributed by atoms with Crippen molar-refractivity contribution in [3.05, 3.63) is 47.8 Å². The Morgan fingerprint density at radius 2 is 2.05 bits per heavy atom. The van der Waals surface area contributed by atoms with Crippen molar-refractivity contribution in [2.75, 3.05) is 16.8 Å². The molecule has 0 amide bonds. The van der Waals surface area contributed by atoms with Gasteiger partial charge < -0.3 is 10.2 Å². The molecule has 1 aliphatic heterocycles. The highest BCUT2D eigenvalue weighted by Gasteiger charge is 2.23. The highest BCUT2D eigenvalue weighted by atomic mass is 15.2. The van der Waals surface area contributed by atoms with Gasteiger partial charge in [-0.3, -0.25) is 0 Å². The van der Waals surface area contributed by atoms with Crippen LogP contribution >= 0.6 is 0 Å². The molecule has 0 aliphatic carbocycles. The second-order valence-corrected chi connectivity index (χ2v) is 5.24. The molecule has 0 bridgehead atoms. The number of nitrogens with one attached hydrogen (secondary N) is 1. The molecule has 0 saturated heterocycles. The number of hydrogen-bond acceptors (Lipinski definition) is 4. The molecule has 1 aliphatic rings. The first kappa shape index (κ1) is 12.9. The van der Waals surface area contributed by atoms with E-state index < -0.39 is 0 Å². The molecule has 3 rings (SSSR count). The van der Waals surface area contributed by atoms with Gasteiger partial charge >= 0.3 is 0 Å². The van der Waals surface area contributed by atoms with Crippen molar-refractivity contribution >= 4 is 11.6 Å². The van der Waals surface area contributed by atoms with Crippen molar-refractivity contribution in [1.29, 1.82) is 0 Å². The Balaban J connectivity index is 1.89. The van der Waals surface area contributed by atoms with Gasteiger partial charge in [0.15, 0.2) is 0 Å². The van der Waals surface area contributed by atoms with Gasteiger partial charge in [0.1, 0.15) is 18.0 Å². The number of aromatic nitrogens is 2. The molecule has 2 heterocycles. The van der Waals surface area contributed by atoms with Crippen molar-refractivity contribution in [3.63, 3.8) is 0 Å². The lowest BCUT2D eigenvalue weighted by Crippen LogP contribution is -2.38. The molecule has 104 valence electrons. The minimum Gasteiger partial charge on any atom is -0.370 e. The van der Waals surface area contributed by atoms with Gasteiger partial charge in [-0.05, 0) is 31.4 Å². The van der Waals surface area contributed by atoms with Crippen molar-refractivity contribution in [2.24, 2.45) is 0 Å². The maximum absolute atomic E-state index is 4.44. The lowest BCUT2D eigenvalue weighted by atomic mass is 9.95. The third-order valence-electron chi connectivity index (χ3n) is 3.81. The highest BCUT2D eigenvalue weighted by Crippen LogP contribution is 2.27. The zero-order valence-corrected chi connectivity index (χ0v) is 12.0. The van der Waals surface area contributed by atoms with Gasteiger partial charge in [0, 0.05) is 25.2 Å². The Bertz CT molecular complexity index is 597. The Morgan fingerprint density at radius 1 is 1.25 bits per heavy atom. The molecular weight excluding hydrogens is 248 g/mol. The highest BCUT2D eigenvalue weighted by molar-refractivity contribution is 5.51. The van der Waals surface area contributed by atoms with E-state index in [1.54, 1.807) is 6.33 Å². The fourth-order valence-electron chi connectivity index (χ4n) is 2.77. The summed E-state index contributed by atoms with van der Waals surface area (Å²) in [5.41, 5.74) is 2.85. The molecule has 0 saturated carbocycles. The average Bonchev–Trinajstić information content (AvgIpc) is 2.47. The predicted octanol–water partition coefficient (Wildman–Crippen LogP) is 2.86. The second-order valence-electron chi connectivity index (χ2n) is 5.24. The normalized spacial score (nSPS) is 17.7. The first-order chi connectivity index (χ1) is 9.78. The monoisotopic (exact) mass is 268 g/mol. The Morgan fingerprint density at radius 3 is 2.85 bits per heavy atom. The zero-order chi connectivity index (χ0) is 13.9. The summed E-state index contributed by atoms with van der Waals surface area (Å²) in [7, 11) is 0. The van der Waals surface area contributed by atoms with Gasteiger partial charge in [-0.15, -0.1) is 0 Å². The third-order valence-corrected chi connectivity index (χ3v) is 3.81. The molecule has 1 aromatic carbocycles. The maximum Gasteiger partial charge on any atom is 0.134 e. The van der Waals surface area contributed by atoms with Crippen LogP contribution in [0.5, 0.6) is 0 Å². The van der Waals surface area contributed by atoms with Crippen molar-refractivity contribution in [2.45, 2.75) is 32.9 Å². The van der Waals surface area contributed by atoms with Gasteiger partial charge in [-0.25, -0.2) is 9.97 Å². The second kappa shape index (κ2) is 5.49. The van der Waals surface area contributed by atoms with Crippen LogP contribution in [0.2, 0.25) is 0 Å². The molecule has 0 unspecified atom stereocenters. The fraction of sp³-hybridized carbons (Fsp3) is 0.375. The van der Waals surface area contributed by atoms with Gasteiger partial charge in [0.05, 0.1) is 0 Å². The molecule has 2 aromatic rings. The summed E-state index contributed by atoms with van der Waals surface area (Å²) in [5, 5.41) is 3.24. The van der Waals surface area contributed by atoms with Gasteiger partial charge in [0.2, 0.25) is 0 Å². The zero-order valence-electron chi connectivity index (χ0n) is 12.0. The number of benzene rings is 1. The average molecular weight is 268 g/mol. The van der Waals surface area contributed by atoms with E-state index in [9.17, 15) is 0 Å². The summed E-state index contributed by atoms with van der Waals surface area (Å²) in [4.78, 5) is 11.0. The van der Waals surface area contributed by atoms with E-state index in [-0.39, 0.29) is 0 Å². The molecule has 0 fully saturated rings. The van der Waals surface area contributed by atoms with Crippen molar-refractivity contribution in [3.8, 4) is 0 Å². The summed E-state index contributed by atoms with van der Waals surface area (Å²) in [6.07, 6.45) is 2.71. The Labute approximate surface area is 119 Å². The summed E-state index contributed by atoms with van der Waals surface area (Å²) < 4.78 is 0. The quantitative estimate of drug-likeness (QED) is 0.929. The largest absolute Gasteiger partial charge is 0.370 e. The summed E-state index contributed by atoms with van der Waals surface area (Å²) >= 11 is 0. The van der Waals surface area contributed by atoms with Crippen LogP contribution in [-0.2, 0) is 13.0 Å². The van der Waals surface area contributed by atoms with Crippen LogP contribution in [0.15, 0.2) is 36.7 Å². The first-order valence-corrected chi connectivity index (χ1v) is 7.17. The number of fused-ring (bicyclic) bond motifs is 1. The molecule has 4 heteroatoms. The van der Waals surface area contributed by atoms with Crippen molar-refractivity contribution in [1.82, 2.24) is 9.97 Å². The maximum atomic E-state index is 4.44. The van der Waals surface area contributed by atoms with E-state index in [0.717, 1.165) is 31.1 Å². The molecule has 0 spiro atoms. The van der Waals surface area contributed by atoms with Gasteiger partial charge in [0.25, 0.3) is 0 Å². The lowest BCUT2D eigenvalue weighted by molar-refractivity contribution is 0.586. The van der Waals surface area contributed by atoms with E-state index in [1.807, 2.05) is 6.07 Å². The first-order valence-electron chi connectivity index (χ1n) is 7.17. The molecule has 4 nitrogen and oxygen atoms in total. The number of nitrogens with zero attached hydrogens (tertiary/aromatic N) is 3.